The van der Waals surface area contributed by atoms with Crippen molar-refractivity contribution in [1.29, 1.82) is 0 Å². The van der Waals surface area contributed by atoms with Crippen molar-refractivity contribution in [3.63, 3.8) is 0 Å². The highest BCUT2D eigenvalue weighted by Gasteiger charge is 2.55. The quantitative estimate of drug-likeness (QED) is 0.139. The Kier molecular flexibility index (Phi) is 9.65. The van der Waals surface area contributed by atoms with Gasteiger partial charge in [0.25, 0.3) is 0 Å². The molecule has 4 aliphatic rings. The molecule has 4 fully saturated rings. The Morgan fingerprint density at radius 2 is 1.30 bits per heavy atom. The maximum absolute atomic E-state index is 14.1. The van der Waals surface area contributed by atoms with Crippen LogP contribution < -0.4 is 5.32 Å². The van der Waals surface area contributed by atoms with E-state index in [1.807, 2.05) is 18.7 Å². The van der Waals surface area contributed by atoms with E-state index in [2.05, 4.69) is 102 Å². The summed E-state index contributed by atoms with van der Waals surface area (Å²) in [6, 6.07) is 20.6. The predicted molar refractivity (Wildman–Crippen MR) is 237 cm³/mol. The van der Waals surface area contributed by atoms with Crippen LogP contribution in [-0.4, -0.2) is 87.1 Å². The fraction of sp³-hybridized carbons (Fsp3) is 0.490. The molecule has 2 aromatic heterocycles. The number of nitrogens with zero attached hydrogens (tertiary/aromatic N) is 4. The molecule has 2 spiro atoms. The monoisotopic (exact) mass is 823 g/mol. The van der Waals surface area contributed by atoms with Gasteiger partial charge in [0.05, 0.1) is 47.9 Å². The lowest BCUT2D eigenvalue weighted by atomic mass is 9.80. The number of alkyl carbamates (subject to hydrolysis) is 1. The summed E-state index contributed by atoms with van der Waals surface area (Å²) in [4.78, 5) is 61.8. The first-order valence-electron chi connectivity index (χ1n) is 22.2. The SMILES string of the molecule is COC(=O)N[C@H](C(=O)N1CC2(CC2)C[C@H]1c1nc2ccc3cc(-c4ccc5c(ccc6nc([C@@H]7C[C@@]8(CCCOC8)CN7C(=O)[C@@H](C)C(C)C)[nH]c65)c4)ccc3c2[nH]1)C(C)C. The van der Waals surface area contributed by atoms with Crippen LogP contribution in [0.2, 0.25) is 0 Å². The molecule has 5 heterocycles. The number of rotatable bonds is 8. The molecular weight excluding hydrogens is 767 g/mol. The summed E-state index contributed by atoms with van der Waals surface area (Å²) >= 11 is 0. The summed E-state index contributed by atoms with van der Waals surface area (Å²) in [5, 5.41) is 7.16. The molecule has 12 heteroatoms. The number of hydrogen-bond acceptors (Lipinski definition) is 7. The van der Waals surface area contributed by atoms with Gasteiger partial charge < -0.3 is 34.6 Å². The number of ether oxygens (including phenoxy) is 2. The molecule has 3 aliphatic heterocycles. The molecule has 1 aliphatic carbocycles. The Morgan fingerprint density at radius 3 is 1.80 bits per heavy atom. The lowest BCUT2D eigenvalue weighted by Gasteiger charge is -2.33. The maximum atomic E-state index is 14.1. The first-order valence-corrected chi connectivity index (χ1v) is 22.2. The highest BCUT2D eigenvalue weighted by molar-refractivity contribution is 6.07. The van der Waals surface area contributed by atoms with Crippen LogP contribution >= 0.6 is 0 Å². The molecular formula is C49H57N7O5. The number of aromatic nitrogens is 4. The van der Waals surface area contributed by atoms with E-state index >= 15 is 0 Å². The van der Waals surface area contributed by atoms with Crippen LogP contribution in [0.5, 0.6) is 0 Å². The van der Waals surface area contributed by atoms with Gasteiger partial charge in [0, 0.05) is 41.8 Å². The zero-order valence-electron chi connectivity index (χ0n) is 36.1. The van der Waals surface area contributed by atoms with Crippen molar-refractivity contribution in [2.75, 3.05) is 33.4 Å². The van der Waals surface area contributed by atoms with Crippen LogP contribution in [-0.2, 0) is 19.1 Å². The lowest BCUT2D eigenvalue weighted by Crippen LogP contribution is -2.51. The third-order valence-corrected chi connectivity index (χ3v) is 14.7. The molecule has 61 heavy (non-hydrogen) atoms. The summed E-state index contributed by atoms with van der Waals surface area (Å²) in [5.74, 6) is 1.83. The van der Waals surface area contributed by atoms with E-state index in [0.717, 1.165) is 112 Å². The number of carbonyl (C=O) groups is 3. The Balaban J connectivity index is 0.939. The van der Waals surface area contributed by atoms with Crippen molar-refractivity contribution >= 4 is 61.5 Å². The van der Waals surface area contributed by atoms with Crippen LogP contribution in [0.3, 0.4) is 0 Å². The molecule has 10 rings (SSSR count). The van der Waals surface area contributed by atoms with Gasteiger partial charge in [0.15, 0.2) is 0 Å². The molecule has 3 saturated heterocycles. The lowest BCUT2D eigenvalue weighted by molar-refractivity contribution is -0.138. The molecule has 3 amide bonds. The zero-order valence-corrected chi connectivity index (χ0v) is 36.1. The number of benzene rings is 4. The average molecular weight is 824 g/mol. The molecule has 6 aromatic rings. The van der Waals surface area contributed by atoms with E-state index in [1.54, 1.807) is 0 Å². The van der Waals surface area contributed by atoms with Gasteiger partial charge in [-0.25, -0.2) is 14.8 Å². The standard InChI is InChI=1S/C49H57N7O5/c1-27(2)29(5)45(57)55-25-49(16-7-19-61-26-49)23-39(55)44-51-37-15-11-33-21-31(9-13-35(33)42(37)53-44)30-8-12-34-32(20-30)10-14-36-41(34)52-43(50-36)38-22-48(17-18-48)24-56(38)46(58)40(28(3)4)54-47(59)60-6/h8-15,20-21,27-29,38-40H,7,16-19,22-26H2,1-6H3,(H,50,52)(H,51,53)(H,54,59)/t29-,38-,39-,40-,49-/m0/s1. The van der Waals surface area contributed by atoms with Gasteiger partial charge in [-0.1, -0.05) is 71.0 Å². The van der Waals surface area contributed by atoms with E-state index < -0.39 is 12.1 Å². The highest BCUT2D eigenvalue weighted by atomic mass is 16.5. The summed E-state index contributed by atoms with van der Waals surface area (Å²) < 4.78 is 10.9. The number of fused-ring (bicyclic) bond motifs is 6. The average Bonchev–Trinajstić information content (AvgIpc) is 3.63. The summed E-state index contributed by atoms with van der Waals surface area (Å²) in [6.45, 7) is 13.0. The van der Waals surface area contributed by atoms with Gasteiger partial charge in [0.2, 0.25) is 11.8 Å². The summed E-state index contributed by atoms with van der Waals surface area (Å²) in [7, 11) is 1.32. The molecule has 0 unspecified atom stereocenters. The number of aromatic amines is 2. The first kappa shape index (κ1) is 39.6. The Morgan fingerprint density at radius 1 is 0.738 bits per heavy atom. The van der Waals surface area contributed by atoms with E-state index in [-0.39, 0.29) is 52.5 Å². The molecule has 12 nitrogen and oxygen atoms in total. The first-order chi connectivity index (χ1) is 29.3. The Hall–Kier alpha value is -5.49. The number of amides is 3. The minimum Gasteiger partial charge on any atom is -0.453 e. The zero-order chi connectivity index (χ0) is 42.4. The molecule has 0 radical (unpaired) electrons. The number of nitrogens with one attached hydrogen (secondary N) is 3. The maximum Gasteiger partial charge on any atom is 0.407 e. The summed E-state index contributed by atoms with van der Waals surface area (Å²) in [5.41, 5.74) is 6.03. The van der Waals surface area contributed by atoms with Crippen molar-refractivity contribution in [3.8, 4) is 11.1 Å². The number of likely N-dealkylation sites (tertiary alicyclic amines) is 2. The van der Waals surface area contributed by atoms with Crippen LogP contribution in [0, 0.1) is 28.6 Å². The fourth-order valence-electron chi connectivity index (χ4n) is 10.6. The van der Waals surface area contributed by atoms with Gasteiger partial charge in [0.1, 0.15) is 17.7 Å². The van der Waals surface area contributed by atoms with Gasteiger partial charge in [-0.05, 0) is 102 Å². The smallest absolute Gasteiger partial charge is 0.407 e. The van der Waals surface area contributed by atoms with Crippen molar-refractivity contribution in [2.24, 2.45) is 28.6 Å². The third-order valence-electron chi connectivity index (χ3n) is 14.7. The predicted octanol–water partition coefficient (Wildman–Crippen LogP) is 9.21. The summed E-state index contributed by atoms with van der Waals surface area (Å²) in [6.07, 6.45) is 5.38. The van der Waals surface area contributed by atoms with Crippen LogP contribution in [0.15, 0.2) is 60.7 Å². The van der Waals surface area contributed by atoms with Gasteiger partial charge >= 0.3 is 6.09 Å². The Bertz CT molecular complexity index is 2710. The topological polar surface area (TPSA) is 146 Å². The van der Waals surface area contributed by atoms with Crippen molar-refractivity contribution in [3.05, 3.63) is 72.3 Å². The number of hydrogen-bond donors (Lipinski definition) is 3. The molecule has 3 N–H and O–H groups in total. The second kappa shape index (κ2) is 14.9. The van der Waals surface area contributed by atoms with Gasteiger partial charge in [-0.2, -0.15) is 0 Å². The largest absolute Gasteiger partial charge is 0.453 e. The Labute approximate surface area is 356 Å². The highest BCUT2D eigenvalue weighted by Crippen LogP contribution is 2.58. The molecule has 0 bridgehead atoms. The third kappa shape index (κ3) is 6.91. The normalized spacial score (nSPS) is 23.3. The molecule has 1 saturated carbocycles. The van der Waals surface area contributed by atoms with E-state index in [9.17, 15) is 14.4 Å². The van der Waals surface area contributed by atoms with Crippen LogP contribution in [0.1, 0.15) is 96.9 Å². The second-order valence-corrected chi connectivity index (χ2v) is 19.5. The van der Waals surface area contributed by atoms with Crippen molar-refractivity contribution < 1.29 is 23.9 Å². The van der Waals surface area contributed by atoms with Gasteiger partial charge in [-0.3, -0.25) is 9.59 Å². The van der Waals surface area contributed by atoms with E-state index in [0.29, 0.717) is 19.7 Å². The minimum atomic E-state index is -0.686. The van der Waals surface area contributed by atoms with Crippen molar-refractivity contribution in [1.82, 2.24) is 35.1 Å². The fourth-order valence-corrected chi connectivity index (χ4v) is 10.6. The number of H-pyrrole nitrogens is 2. The minimum absolute atomic E-state index is 0.0312. The van der Waals surface area contributed by atoms with Crippen molar-refractivity contribution in [2.45, 2.75) is 91.3 Å². The van der Waals surface area contributed by atoms with Crippen LogP contribution in [0.4, 0.5) is 4.79 Å². The number of carbonyl (C=O) groups excluding carboxylic acids is 3. The van der Waals surface area contributed by atoms with E-state index in [1.165, 1.54) is 7.11 Å². The molecule has 4 aromatic carbocycles. The van der Waals surface area contributed by atoms with Crippen LogP contribution in [0.25, 0.3) is 54.7 Å². The molecule has 5 atom stereocenters. The second-order valence-electron chi connectivity index (χ2n) is 19.5. The van der Waals surface area contributed by atoms with E-state index in [4.69, 9.17) is 19.4 Å². The number of imidazole rings is 2. The molecule has 318 valence electrons. The number of methoxy groups -OCH3 is 1. The van der Waals surface area contributed by atoms with Gasteiger partial charge in [-0.15, -0.1) is 0 Å².